The fourth-order valence-electron chi connectivity index (χ4n) is 3.11. The smallest absolute Gasteiger partial charge is 0.255 e. The number of benzene rings is 2. The van der Waals surface area contributed by atoms with Gasteiger partial charge in [-0.2, -0.15) is 0 Å². The van der Waals surface area contributed by atoms with Gasteiger partial charge in [-0.25, -0.2) is 0 Å². The molecule has 1 aliphatic rings. The van der Waals surface area contributed by atoms with Crippen LogP contribution in [0.4, 0.5) is 5.69 Å². The summed E-state index contributed by atoms with van der Waals surface area (Å²) in [5.74, 6) is -0.219. The molecule has 5 heteroatoms. The van der Waals surface area contributed by atoms with Crippen LogP contribution in [0.25, 0.3) is 10.9 Å². The highest BCUT2D eigenvalue weighted by molar-refractivity contribution is 6.06. The molecule has 0 bridgehead atoms. The number of carbonyl (C=O) groups excluding carboxylic acids is 1. The van der Waals surface area contributed by atoms with Crippen molar-refractivity contribution in [3.8, 4) is 0 Å². The molecule has 1 amide bonds. The molecule has 25 heavy (non-hydrogen) atoms. The van der Waals surface area contributed by atoms with Crippen LogP contribution < -0.4 is 16.6 Å². The summed E-state index contributed by atoms with van der Waals surface area (Å²) in [4.78, 5) is 27.0. The third-order valence-corrected chi connectivity index (χ3v) is 4.80. The van der Waals surface area contributed by atoms with Crippen LogP contribution in [0.1, 0.15) is 34.3 Å². The van der Waals surface area contributed by atoms with Crippen molar-refractivity contribution in [1.29, 1.82) is 0 Å². The highest BCUT2D eigenvalue weighted by Crippen LogP contribution is 2.43. The number of hydrogen-bond donors (Lipinski definition) is 3. The van der Waals surface area contributed by atoms with E-state index in [2.05, 4.69) is 10.3 Å². The van der Waals surface area contributed by atoms with E-state index in [1.165, 1.54) is 0 Å². The van der Waals surface area contributed by atoms with Crippen LogP contribution in [0.15, 0.2) is 53.3 Å². The van der Waals surface area contributed by atoms with Gasteiger partial charge in [0.2, 0.25) is 5.56 Å². The van der Waals surface area contributed by atoms with E-state index in [4.69, 9.17) is 5.73 Å². The number of aryl methyl sites for hydroxylation is 1. The molecular formula is C20H19N3O2. The Kier molecular flexibility index (Phi) is 3.47. The lowest BCUT2D eigenvalue weighted by molar-refractivity contribution is 0.102. The van der Waals surface area contributed by atoms with Crippen LogP contribution >= 0.6 is 0 Å². The number of nitrogens with one attached hydrogen (secondary N) is 2. The van der Waals surface area contributed by atoms with E-state index in [9.17, 15) is 9.59 Å². The highest BCUT2D eigenvalue weighted by atomic mass is 16.1. The molecule has 1 aliphatic carbocycles. The molecule has 4 rings (SSSR count). The first kappa shape index (κ1) is 15.6. The molecule has 0 spiro atoms. The summed E-state index contributed by atoms with van der Waals surface area (Å²) in [6, 6.07) is 14.5. The number of fused-ring (bicyclic) bond motifs is 1. The Morgan fingerprint density at radius 3 is 2.72 bits per heavy atom. The normalized spacial score (nSPS) is 15.1. The number of hydrogen-bond acceptors (Lipinski definition) is 3. The van der Waals surface area contributed by atoms with Crippen molar-refractivity contribution in [2.45, 2.75) is 25.3 Å². The van der Waals surface area contributed by atoms with E-state index >= 15 is 0 Å². The van der Waals surface area contributed by atoms with Crippen molar-refractivity contribution < 1.29 is 4.79 Å². The Bertz CT molecular complexity index is 1050. The first-order valence-electron chi connectivity index (χ1n) is 8.29. The minimum atomic E-state index is -0.235. The number of carbonyl (C=O) groups is 1. The van der Waals surface area contributed by atoms with Crippen LogP contribution in [0, 0.1) is 6.92 Å². The van der Waals surface area contributed by atoms with Crippen LogP contribution in [0.3, 0.4) is 0 Å². The van der Waals surface area contributed by atoms with Gasteiger partial charge in [-0.05, 0) is 55.2 Å². The zero-order valence-corrected chi connectivity index (χ0v) is 13.9. The van der Waals surface area contributed by atoms with Gasteiger partial charge in [0, 0.05) is 33.8 Å². The molecule has 126 valence electrons. The predicted molar refractivity (Wildman–Crippen MR) is 98.8 cm³/mol. The first-order chi connectivity index (χ1) is 11.9. The fraction of sp³-hybridized carbons (Fsp3) is 0.200. The number of amides is 1. The molecule has 1 heterocycles. The monoisotopic (exact) mass is 333 g/mol. The van der Waals surface area contributed by atoms with Gasteiger partial charge >= 0.3 is 0 Å². The maximum atomic E-state index is 12.6. The van der Waals surface area contributed by atoms with Gasteiger partial charge in [-0.3, -0.25) is 9.59 Å². The summed E-state index contributed by atoms with van der Waals surface area (Å²) in [5.41, 5.74) is 9.62. The largest absolute Gasteiger partial charge is 0.322 e. The van der Waals surface area contributed by atoms with Crippen LogP contribution in [-0.2, 0) is 5.54 Å². The number of anilines is 1. The van der Waals surface area contributed by atoms with Crippen LogP contribution in [-0.4, -0.2) is 10.9 Å². The zero-order chi connectivity index (χ0) is 17.6. The molecule has 0 aliphatic heterocycles. The van der Waals surface area contributed by atoms with Gasteiger partial charge in [-0.15, -0.1) is 0 Å². The lowest BCUT2D eigenvalue weighted by atomic mass is 10.0. The standard InChI is InChI=1S/C20H19N3O2/c1-12-9-18(24)23-17-10-13(5-6-16(12)17)19(25)22-15-4-2-3-14(11-15)20(21)7-8-20/h2-6,9-11H,7-8,21H2,1H3,(H,22,25)(H,23,24). The van der Waals surface area contributed by atoms with Gasteiger partial charge in [-0.1, -0.05) is 18.2 Å². The SMILES string of the molecule is Cc1cc(=O)[nH]c2cc(C(=O)Nc3cccc(C4(N)CC4)c3)ccc12. The second-order valence-corrected chi connectivity index (χ2v) is 6.77. The summed E-state index contributed by atoms with van der Waals surface area (Å²) in [6.45, 7) is 1.88. The van der Waals surface area contributed by atoms with Crippen molar-refractivity contribution in [2.24, 2.45) is 5.73 Å². The molecule has 1 saturated carbocycles. The average molecular weight is 333 g/mol. The molecule has 2 aromatic carbocycles. The lowest BCUT2D eigenvalue weighted by Crippen LogP contribution is -2.19. The minimum absolute atomic E-state index is 0.173. The van der Waals surface area contributed by atoms with Gasteiger partial charge in [0.05, 0.1) is 0 Å². The third kappa shape index (κ3) is 2.94. The second-order valence-electron chi connectivity index (χ2n) is 6.77. The number of pyridine rings is 1. The van der Waals surface area contributed by atoms with E-state index in [0.717, 1.165) is 35.0 Å². The summed E-state index contributed by atoms with van der Waals surface area (Å²) < 4.78 is 0. The Morgan fingerprint density at radius 2 is 1.96 bits per heavy atom. The molecule has 0 atom stereocenters. The average Bonchev–Trinajstić information content (AvgIpc) is 3.33. The van der Waals surface area contributed by atoms with E-state index < -0.39 is 0 Å². The first-order valence-corrected chi connectivity index (χ1v) is 8.29. The fourth-order valence-corrected chi connectivity index (χ4v) is 3.11. The van der Waals surface area contributed by atoms with Crippen LogP contribution in [0.2, 0.25) is 0 Å². The van der Waals surface area contributed by atoms with Crippen molar-refractivity contribution in [2.75, 3.05) is 5.32 Å². The molecule has 4 N–H and O–H groups in total. The van der Waals surface area contributed by atoms with E-state index in [0.29, 0.717) is 11.1 Å². The maximum Gasteiger partial charge on any atom is 0.255 e. The van der Waals surface area contributed by atoms with E-state index in [-0.39, 0.29) is 17.0 Å². The number of H-pyrrole nitrogens is 1. The Labute approximate surface area is 144 Å². The summed E-state index contributed by atoms with van der Waals surface area (Å²) in [7, 11) is 0. The number of aromatic nitrogens is 1. The predicted octanol–water partition coefficient (Wildman–Crippen LogP) is 3.04. The van der Waals surface area contributed by atoms with Crippen molar-refractivity contribution in [3.63, 3.8) is 0 Å². The van der Waals surface area contributed by atoms with Gasteiger partial charge in [0.25, 0.3) is 5.91 Å². The van der Waals surface area contributed by atoms with E-state index in [1.807, 2.05) is 37.3 Å². The van der Waals surface area contributed by atoms with Crippen molar-refractivity contribution >= 4 is 22.5 Å². The molecule has 1 aromatic heterocycles. The van der Waals surface area contributed by atoms with E-state index in [1.54, 1.807) is 18.2 Å². The Hall–Kier alpha value is -2.92. The lowest BCUT2D eigenvalue weighted by Gasteiger charge is -2.12. The number of nitrogens with two attached hydrogens (primary N) is 1. The molecule has 3 aromatic rings. The maximum absolute atomic E-state index is 12.6. The highest BCUT2D eigenvalue weighted by Gasteiger charge is 2.39. The molecule has 0 saturated heterocycles. The summed E-state index contributed by atoms with van der Waals surface area (Å²) >= 11 is 0. The third-order valence-electron chi connectivity index (χ3n) is 4.80. The summed E-state index contributed by atoms with van der Waals surface area (Å²) in [5, 5.41) is 3.83. The minimum Gasteiger partial charge on any atom is -0.322 e. The van der Waals surface area contributed by atoms with Crippen molar-refractivity contribution in [3.05, 3.63) is 75.6 Å². The van der Waals surface area contributed by atoms with Gasteiger partial charge in [0.15, 0.2) is 0 Å². The molecule has 5 nitrogen and oxygen atoms in total. The van der Waals surface area contributed by atoms with Crippen molar-refractivity contribution in [1.82, 2.24) is 4.98 Å². The van der Waals surface area contributed by atoms with Gasteiger partial charge < -0.3 is 16.0 Å². The summed E-state index contributed by atoms with van der Waals surface area (Å²) in [6.07, 6.45) is 1.95. The van der Waals surface area contributed by atoms with Gasteiger partial charge in [0.1, 0.15) is 0 Å². The Morgan fingerprint density at radius 1 is 1.16 bits per heavy atom. The number of rotatable bonds is 3. The molecule has 0 unspecified atom stereocenters. The molecule has 0 radical (unpaired) electrons. The zero-order valence-electron chi connectivity index (χ0n) is 13.9. The van der Waals surface area contributed by atoms with Crippen LogP contribution in [0.5, 0.6) is 0 Å². The quantitative estimate of drug-likeness (QED) is 0.688. The second kappa shape index (κ2) is 5.57. The molecular weight excluding hydrogens is 314 g/mol. The Balaban J connectivity index is 1.63. The topological polar surface area (TPSA) is 88.0 Å². The molecule has 1 fully saturated rings. The number of aromatic amines is 1.